The monoisotopic (exact) mass is 318 g/mol. The Bertz CT molecular complexity index is 537. The largest absolute Gasteiger partial charge is 0.497 e. The fourth-order valence-corrected chi connectivity index (χ4v) is 2.96. The van der Waals surface area contributed by atoms with Crippen LogP contribution in [0.15, 0.2) is 24.3 Å². The van der Waals surface area contributed by atoms with Crippen molar-refractivity contribution in [2.45, 2.75) is 39.0 Å². The molecule has 1 aromatic rings. The first kappa shape index (κ1) is 17.3. The number of hydrogen-bond acceptors (Lipinski definition) is 3. The highest BCUT2D eigenvalue weighted by atomic mass is 16.5. The van der Waals surface area contributed by atoms with Gasteiger partial charge in [0.25, 0.3) is 0 Å². The number of benzene rings is 1. The van der Waals surface area contributed by atoms with Crippen LogP contribution in [0.2, 0.25) is 0 Å². The van der Waals surface area contributed by atoms with Gasteiger partial charge in [0.15, 0.2) is 0 Å². The standard InChI is InChI=1S/C18H26N2O3/c1-3-11-19-17(21)13-7-9-14(10-8-13)18(22)20-15-5-4-6-16(12-15)23-2/h4-6,12-14H,3,7-11H2,1-2H3,(H,19,21)(H,20,22). The molecule has 1 saturated carbocycles. The third-order valence-electron chi connectivity index (χ3n) is 4.36. The van der Waals surface area contributed by atoms with E-state index in [1.165, 1.54) is 0 Å². The summed E-state index contributed by atoms with van der Waals surface area (Å²) >= 11 is 0. The number of carbonyl (C=O) groups excluding carboxylic acids is 2. The average Bonchev–Trinajstić information content (AvgIpc) is 2.60. The first-order valence-corrected chi connectivity index (χ1v) is 8.36. The SMILES string of the molecule is CCCNC(=O)C1CCC(C(=O)Nc2cccc(OC)c2)CC1. The van der Waals surface area contributed by atoms with Crippen LogP contribution < -0.4 is 15.4 Å². The van der Waals surface area contributed by atoms with Gasteiger partial charge < -0.3 is 15.4 Å². The third-order valence-corrected chi connectivity index (χ3v) is 4.36. The predicted molar refractivity (Wildman–Crippen MR) is 90.4 cm³/mol. The summed E-state index contributed by atoms with van der Waals surface area (Å²) in [4.78, 5) is 24.3. The lowest BCUT2D eigenvalue weighted by atomic mass is 9.81. The van der Waals surface area contributed by atoms with Crippen molar-refractivity contribution in [2.24, 2.45) is 11.8 Å². The van der Waals surface area contributed by atoms with Crippen molar-refractivity contribution in [3.63, 3.8) is 0 Å². The molecule has 0 aromatic heterocycles. The van der Waals surface area contributed by atoms with Crippen LogP contribution in [0.1, 0.15) is 39.0 Å². The van der Waals surface area contributed by atoms with Gasteiger partial charge >= 0.3 is 0 Å². The van der Waals surface area contributed by atoms with Crippen LogP contribution in [0, 0.1) is 11.8 Å². The first-order valence-electron chi connectivity index (χ1n) is 8.36. The van der Waals surface area contributed by atoms with Crippen LogP contribution in [0.4, 0.5) is 5.69 Å². The van der Waals surface area contributed by atoms with Crippen LogP contribution in [-0.4, -0.2) is 25.5 Å². The number of methoxy groups -OCH3 is 1. The number of hydrogen-bond donors (Lipinski definition) is 2. The Balaban J connectivity index is 1.82. The van der Waals surface area contributed by atoms with Crippen molar-refractivity contribution in [3.8, 4) is 5.75 Å². The van der Waals surface area contributed by atoms with E-state index in [1.807, 2.05) is 31.2 Å². The van der Waals surface area contributed by atoms with Gasteiger partial charge in [-0.1, -0.05) is 13.0 Å². The van der Waals surface area contributed by atoms with E-state index in [0.29, 0.717) is 0 Å². The Labute approximate surface area is 137 Å². The average molecular weight is 318 g/mol. The summed E-state index contributed by atoms with van der Waals surface area (Å²) in [5.74, 6) is 0.933. The Morgan fingerprint density at radius 2 is 1.78 bits per heavy atom. The summed E-state index contributed by atoms with van der Waals surface area (Å²) < 4.78 is 5.16. The molecule has 1 aromatic carbocycles. The molecule has 0 bridgehead atoms. The van der Waals surface area contributed by atoms with Crippen LogP contribution in [0.25, 0.3) is 0 Å². The Kier molecular flexibility index (Phi) is 6.44. The molecule has 0 atom stereocenters. The summed E-state index contributed by atoms with van der Waals surface area (Å²) in [5, 5.41) is 5.89. The number of ether oxygens (including phenoxy) is 1. The molecule has 1 fully saturated rings. The van der Waals surface area contributed by atoms with Crippen LogP contribution in [0.3, 0.4) is 0 Å². The highest BCUT2D eigenvalue weighted by molar-refractivity contribution is 5.93. The zero-order chi connectivity index (χ0) is 16.7. The minimum absolute atomic E-state index is 0.0172. The molecule has 0 saturated heterocycles. The topological polar surface area (TPSA) is 67.4 Å². The molecule has 5 heteroatoms. The Hall–Kier alpha value is -2.04. The van der Waals surface area contributed by atoms with Crippen molar-refractivity contribution in [3.05, 3.63) is 24.3 Å². The molecule has 23 heavy (non-hydrogen) atoms. The highest BCUT2D eigenvalue weighted by Gasteiger charge is 2.29. The number of amides is 2. The molecule has 1 aliphatic rings. The molecular formula is C18H26N2O3. The van der Waals surface area contributed by atoms with Gasteiger partial charge in [-0.05, 0) is 44.2 Å². The lowest BCUT2D eigenvalue weighted by Crippen LogP contribution is -2.35. The highest BCUT2D eigenvalue weighted by Crippen LogP contribution is 2.30. The minimum atomic E-state index is -0.0172. The zero-order valence-corrected chi connectivity index (χ0v) is 13.9. The van der Waals surface area contributed by atoms with Gasteiger partial charge in [-0.25, -0.2) is 0 Å². The van der Waals surface area contributed by atoms with Crippen LogP contribution >= 0.6 is 0 Å². The van der Waals surface area contributed by atoms with E-state index in [9.17, 15) is 9.59 Å². The molecule has 0 spiro atoms. The molecule has 1 aliphatic carbocycles. The summed E-state index contributed by atoms with van der Waals surface area (Å²) in [7, 11) is 1.60. The lowest BCUT2D eigenvalue weighted by Gasteiger charge is -2.27. The van der Waals surface area contributed by atoms with E-state index < -0.39 is 0 Å². The maximum absolute atomic E-state index is 12.4. The molecule has 2 N–H and O–H groups in total. The van der Waals surface area contributed by atoms with Crippen molar-refractivity contribution in [1.82, 2.24) is 5.32 Å². The van der Waals surface area contributed by atoms with E-state index in [4.69, 9.17) is 4.74 Å². The number of nitrogens with one attached hydrogen (secondary N) is 2. The predicted octanol–water partition coefficient (Wildman–Crippen LogP) is 2.97. The van der Waals surface area contributed by atoms with Gasteiger partial charge in [0.2, 0.25) is 11.8 Å². The van der Waals surface area contributed by atoms with Gasteiger partial charge in [-0.2, -0.15) is 0 Å². The Morgan fingerprint density at radius 1 is 1.13 bits per heavy atom. The zero-order valence-electron chi connectivity index (χ0n) is 13.9. The summed E-state index contributed by atoms with van der Waals surface area (Å²) in [6, 6.07) is 7.35. The normalized spacial score (nSPS) is 20.6. The summed E-state index contributed by atoms with van der Waals surface area (Å²) in [6.07, 6.45) is 4.04. The number of anilines is 1. The summed E-state index contributed by atoms with van der Waals surface area (Å²) in [6.45, 7) is 2.77. The van der Waals surface area contributed by atoms with Gasteiger partial charge in [-0.15, -0.1) is 0 Å². The van der Waals surface area contributed by atoms with E-state index in [-0.39, 0.29) is 23.7 Å². The molecular weight excluding hydrogens is 292 g/mol. The molecule has 2 amide bonds. The maximum atomic E-state index is 12.4. The molecule has 0 aliphatic heterocycles. The molecule has 0 unspecified atom stereocenters. The van der Waals surface area contributed by atoms with Crippen molar-refractivity contribution in [2.75, 3.05) is 19.0 Å². The van der Waals surface area contributed by atoms with Crippen molar-refractivity contribution >= 4 is 17.5 Å². The Morgan fingerprint density at radius 3 is 2.39 bits per heavy atom. The molecule has 2 rings (SSSR count). The quantitative estimate of drug-likeness (QED) is 0.847. The second-order valence-corrected chi connectivity index (χ2v) is 6.06. The van der Waals surface area contributed by atoms with Crippen molar-refractivity contribution in [1.29, 1.82) is 0 Å². The molecule has 126 valence electrons. The second kappa shape index (κ2) is 8.56. The van der Waals surface area contributed by atoms with E-state index in [0.717, 1.165) is 50.1 Å². The van der Waals surface area contributed by atoms with Crippen LogP contribution in [0.5, 0.6) is 5.75 Å². The van der Waals surface area contributed by atoms with E-state index in [2.05, 4.69) is 10.6 Å². The fraction of sp³-hybridized carbons (Fsp3) is 0.556. The lowest BCUT2D eigenvalue weighted by molar-refractivity contribution is -0.128. The molecule has 0 radical (unpaired) electrons. The fourth-order valence-electron chi connectivity index (χ4n) is 2.96. The number of carbonyl (C=O) groups is 2. The van der Waals surface area contributed by atoms with Gasteiger partial charge in [0, 0.05) is 30.1 Å². The summed E-state index contributed by atoms with van der Waals surface area (Å²) in [5.41, 5.74) is 0.747. The smallest absolute Gasteiger partial charge is 0.227 e. The van der Waals surface area contributed by atoms with Crippen molar-refractivity contribution < 1.29 is 14.3 Å². The van der Waals surface area contributed by atoms with Gasteiger partial charge in [0.1, 0.15) is 5.75 Å². The first-order chi connectivity index (χ1) is 11.1. The minimum Gasteiger partial charge on any atom is -0.497 e. The third kappa shape index (κ3) is 4.98. The van der Waals surface area contributed by atoms with Gasteiger partial charge in [0.05, 0.1) is 7.11 Å². The molecule has 5 nitrogen and oxygen atoms in total. The molecule has 0 heterocycles. The van der Waals surface area contributed by atoms with E-state index in [1.54, 1.807) is 7.11 Å². The number of rotatable bonds is 6. The van der Waals surface area contributed by atoms with E-state index >= 15 is 0 Å². The van der Waals surface area contributed by atoms with Gasteiger partial charge in [-0.3, -0.25) is 9.59 Å². The second-order valence-electron chi connectivity index (χ2n) is 6.06. The van der Waals surface area contributed by atoms with Crippen LogP contribution in [-0.2, 0) is 9.59 Å². The maximum Gasteiger partial charge on any atom is 0.227 e.